The van der Waals surface area contributed by atoms with Crippen LogP contribution in [0, 0.1) is 17.8 Å². The van der Waals surface area contributed by atoms with Gasteiger partial charge in [0.2, 0.25) is 5.91 Å². The number of hydroxylamine groups is 1. The Morgan fingerprint density at radius 1 is 1.50 bits per heavy atom. The van der Waals surface area contributed by atoms with E-state index in [9.17, 15) is 4.79 Å². The predicted octanol–water partition coefficient (Wildman–Crippen LogP) is 1.64. The molecule has 3 nitrogen and oxygen atoms in total. The molecule has 0 radical (unpaired) electrons. The molecule has 0 spiro atoms. The molecule has 0 aromatic rings. The monoisotopic (exact) mass is 195 g/mol. The molecule has 0 aliphatic heterocycles. The molecule has 0 bridgehead atoms. The Balaban J connectivity index is 2.38. The Morgan fingerprint density at radius 3 is 2.71 bits per heavy atom. The Morgan fingerprint density at radius 2 is 2.14 bits per heavy atom. The van der Waals surface area contributed by atoms with Crippen molar-refractivity contribution in [3.05, 3.63) is 0 Å². The first-order valence-electron chi connectivity index (χ1n) is 5.05. The van der Waals surface area contributed by atoms with Gasteiger partial charge >= 0.3 is 0 Å². The number of carbonyl (C=O) groups is 1. The van der Waals surface area contributed by atoms with Gasteiger partial charge in [0, 0.05) is 5.41 Å². The van der Waals surface area contributed by atoms with Crippen molar-refractivity contribution >= 4 is 5.91 Å². The SMILES string of the molecule is C#CCONC(=O)C1(C)CCCCC1. The van der Waals surface area contributed by atoms with Crippen LogP contribution in [-0.4, -0.2) is 12.5 Å². The fourth-order valence-electron chi connectivity index (χ4n) is 1.83. The fraction of sp³-hybridized carbons (Fsp3) is 0.727. The molecule has 1 fully saturated rings. The lowest BCUT2D eigenvalue weighted by Crippen LogP contribution is -2.40. The van der Waals surface area contributed by atoms with Crippen LogP contribution in [0.3, 0.4) is 0 Å². The summed E-state index contributed by atoms with van der Waals surface area (Å²) in [5, 5.41) is 0. The van der Waals surface area contributed by atoms with E-state index in [0.29, 0.717) is 0 Å². The third-order valence-electron chi connectivity index (χ3n) is 2.83. The van der Waals surface area contributed by atoms with Gasteiger partial charge in [-0.3, -0.25) is 9.63 Å². The summed E-state index contributed by atoms with van der Waals surface area (Å²) in [4.78, 5) is 16.5. The molecule has 14 heavy (non-hydrogen) atoms. The Kier molecular flexibility index (Phi) is 3.97. The highest BCUT2D eigenvalue weighted by molar-refractivity contribution is 5.81. The first kappa shape index (κ1) is 11.1. The molecule has 0 saturated heterocycles. The number of carbonyl (C=O) groups excluding carboxylic acids is 1. The highest BCUT2D eigenvalue weighted by Crippen LogP contribution is 2.35. The van der Waals surface area contributed by atoms with Crippen LogP contribution in [-0.2, 0) is 9.63 Å². The molecule has 1 aliphatic rings. The van der Waals surface area contributed by atoms with Gasteiger partial charge < -0.3 is 0 Å². The Hall–Kier alpha value is -1.01. The van der Waals surface area contributed by atoms with Crippen LogP contribution in [0.4, 0.5) is 0 Å². The summed E-state index contributed by atoms with van der Waals surface area (Å²) in [5.41, 5.74) is 2.16. The average molecular weight is 195 g/mol. The van der Waals surface area contributed by atoms with Gasteiger partial charge in [0.05, 0.1) is 0 Å². The molecule has 0 aromatic heterocycles. The van der Waals surface area contributed by atoms with Crippen LogP contribution in [0.25, 0.3) is 0 Å². The summed E-state index contributed by atoms with van der Waals surface area (Å²) in [7, 11) is 0. The zero-order chi connectivity index (χ0) is 10.4. The van der Waals surface area contributed by atoms with E-state index in [-0.39, 0.29) is 17.9 Å². The summed E-state index contributed by atoms with van der Waals surface area (Å²) in [6.07, 6.45) is 10.4. The molecule has 1 aliphatic carbocycles. The summed E-state index contributed by atoms with van der Waals surface area (Å²) >= 11 is 0. The summed E-state index contributed by atoms with van der Waals surface area (Å²) in [6, 6.07) is 0. The van der Waals surface area contributed by atoms with Crippen LogP contribution < -0.4 is 5.48 Å². The minimum Gasteiger partial charge on any atom is -0.272 e. The van der Waals surface area contributed by atoms with Crippen molar-refractivity contribution in [3.63, 3.8) is 0 Å². The zero-order valence-corrected chi connectivity index (χ0v) is 8.64. The second-order valence-corrected chi connectivity index (χ2v) is 4.05. The molecule has 1 rings (SSSR count). The molecule has 1 N–H and O–H groups in total. The number of amides is 1. The third-order valence-corrected chi connectivity index (χ3v) is 2.83. The third kappa shape index (κ3) is 2.74. The minimum absolute atomic E-state index is 0.0348. The number of rotatable bonds is 3. The van der Waals surface area contributed by atoms with Crippen LogP contribution in [0.5, 0.6) is 0 Å². The average Bonchev–Trinajstić information content (AvgIpc) is 2.19. The lowest BCUT2D eigenvalue weighted by Gasteiger charge is -2.31. The van der Waals surface area contributed by atoms with Crippen LogP contribution >= 0.6 is 0 Å². The number of nitrogens with one attached hydrogen (secondary N) is 1. The van der Waals surface area contributed by atoms with Crippen molar-refractivity contribution in [1.29, 1.82) is 0 Å². The maximum absolute atomic E-state index is 11.7. The van der Waals surface area contributed by atoms with Gasteiger partial charge in [-0.2, -0.15) is 0 Å². The quantitative estimate of drug-likeness (QED) is 0.422. The van der Waals surface area contributed by atoms with E-state index in [1.54, 1.807) is 0 Å². The summed E-state index contributed by atoms with van der Waals surface area (Å²) in [5.74, 6) is 2.27. The summed E-state index contributed by atoms with van der Waals surface area (Å²) in [6.45, 7) is 2.11. The Bertz CT molecular complexity index is 236. The maximum atomic E-state index is 11.7. The molecule has 0 heterocycles. The molecule has 1 amide bonds. The topological polar surface area (TPSA) is 38.3 Å². The van der Waals surface area contributed by atoms with Crippen molar-refractivity contribution < 1.29 is 9.63 Å². The minimum atomic E-state index is -0.257. The first-order valence-corrected chi connectivity index (χ1v) is 5.05. The molecule has 0 atom stereocenters. The van der Waals surface area contributed by atoms with E-state index >= 15 is 0 Å². The lowest BCUT2D eigenvalue weighted by molar-refractivity contribution is -0.144. The largest absolute Gasteiger partial charge is 0.272 e. The normalized spacial score (nSPS) is 19.7. The van der Waals surface area contributed by atoms with E-state index in [4.69, 9.17) is 11.3 Å². The van der Waals surface area contributed by atoms with Crippen molar-refractivity contribution in [3.8, 4) is 12.3 Å². The van der Waals surface area contributed by atoms with E-state index < -0.39 is 0 Å². The predicted molar refractivity (Wildman–Crippen MR) is 54.1 cm³/mol. The zero-order valence-electron chi connectivity index (χ0n) is 8.64. The molecule has 0 unspecified atom stereocenters. The lowest BCUT2D eigenvalue weighted by atomic mass is 9.75. The Labute approximate surface area is 85.2 Å². The van der Waals surface area contributed by atoms with Gasteiger partial charge in [-0.25, -0.2) is 5.48 Å². The molecule has 1 saturated carbocycles. The van der Waals surface area contributed by atoms with Crippen molar-refractivity contribution in [2.24, 2.45) is 5.41 Å². The van der Waals surface area contributed by atoms with Gasteiger partial charge in [-0.15, -0.1) is 6.42 Å². The second-order valence-electron chi connectivity index (χ2n) is 4.05. The molecule has 3 heteroatoms. The van der Waals surface area contributed by atoms with Gasteiger partial charge in [-0.1, -0.05) is 32.1 Å². The van der Waals surface area contributed by atoms with Crippen molar-refractivity contribution in [1.82, 2.24) is 5.48 Å². The van der Waals surface area contributed by atoms with Gasteiger partial charge in [0.1, 0.15) is 6.61 Å². The fourth-order valence-corrected chi connectivity index (χ4v) is 1.83. The number of hydrogen-bond acceptors (Lipinski definition) is 2. The highest BCUT2D eigenvalue weighted by atomic mass is 16.6. The van der Waals surface area contributed by atoms with E-state index in [2.05, 4.69) is 11.4 Å². The van der Waals surface area contributed by atoms with E-state index in [1.807, 2.05) is 6.92 Å². The first-order chi connectivity index (χ1) is 6.69. The van der Waals surface area contributed by atoms with Gasteiger partial charge in [-0.05, 0) is 12.8 Å². The van der Waals surface area contributed by atoms with Crippen molar-refractivity contribution in [2.75, 3.05) is 6.61 Å². The smallest absolute Gasteiger partial charge is 0.249 e. The van der Waals surface area contributed by atoms with Gasteiger partial charge in [0.25, 0.3) is 0 Å². The maximum Gasteiger partial charge on any atom is 0.249 e. The van der Waals surface area contributed by atoms with Crippen LogP contribution in [0.1, 0.15) is 39.0 Å². The standard InChI is InChI=1S/C11H17NO2/c1-3-9-14-12-10(13)11(2)7-5-4-6-8-11/h1H,4-9H2,2H3,(H,12,13). The summed E-state index contributed by atoms with van der Waals surface area (Å²) < 4.78 is 0. The second kappa shape index (κ2) is 5.02. The molecular formula is C11H17NO2. The van der Waals surface area contributed by atoms with Gasteiger partial charge in [0.15, 0.2) is 0 Å². The van der Waals surface area contributed by atoms with Crippen molar-refractivity contribution in [2.45, 2.75) is 39.0 Å². The molecular weight excluding hydrogens is 178 g/mol. The molecule has 78 valence electrons. The van der Waals surface area contributed by atoms with E-state index in [1.165, 1.54) is 6.42 Å². The van der Waals surface area contributed by atoms with E-state index in [0.717, 1.165) is 25.7 Å². The highest BCUT2D eigenvalue weighted by Gasteiger charge is 2.34. The van der Waals surface area contributed by atoms with Crippen LogP contribution in [0.15, 0.2) is 0 Å². The number of terminal acetylenes is 1. The molecule has 0 aromatic carbocycles. The van der Waals surface area contributed by atoms with Crippen LogP contribution in [0.2, 0.25) is 0 Å². The number of hydrogen-bond donors (Lipinski definition) is 1.